The van der Waals surface area contributed by atoms with Gasteiger partial charge in [-0.05, 0) is 61.2 Å². The zero-order valence-corrected chi connectivity index (χ0v) is 18.6. The molecule has 33 heavy (non-hydrogen) atoms. The largest absolute Gasteiger partial charge is 0.492 e. The van der Waals surface area contributed by atoms with Gasteiger partial charge in [0.1, 0.15) is 18.2 Å². The van der Waals surface area contributed by atoms with Crippen molar-refractivity contribution in [2.75, 3.05) is 38.6 Å². The molecule has 0 radical (unpaired) electrons. The number of amides is 1. The van der Waals surface area contributed by atoms with Gasteiger partial charge in [-0.3, -0.25) is 14.7 Å². The summed E-state index contributed by atoms with van der Waals surface area (Å²) in [5, 5.41) is 2.78. The van der Waals surface area contributed by atoms with Gasteiger partial charge in [0.25, 0.3) is 11.8 Å². The summed E-state index contributed by atoms with van der Waals surface area (Å²) in [6.07, 6.45) is 2.79. The molecule has 0 bridgehead atoms. The summed E-state index contributed by atoms with van der Waals surface area (Å²) in [6.45, 7) is 2.22. The normalized spacial score (nSPS) is 16.3. The molecular formula is C24H27F3N4O2. The van der Waals surface area contributed by atoms with E-state index < -0.39 is 11.8 Å². The first kappa shape index (κ1) is 24.3. The molecule has 6 nitrogen and oxygen atoms in total. The Hall–Kier alpha value is -3.33. The number of nitrogens with two attached hydrogens (primary N) is 1. The van der Waals surface area contributed by atoms with Crippen LogP contribution in [0.4, 0.5) is 18.9 Å². The van der Waals surface area contributed by atoms with E-state index in [0.717, 1.165) is 0 Å². The van der Waals surface area contributed by atoms with Gasteiger partial charge in [0, 0.05) is 43.4 Å². The number of likely N-dealkylation sites (tertiary alicyclic amines) is 1. The summed E-state index contributed by atoms with van der Waals surface area (Å²) in [5.74, 6) is -2.94. The van der Waals surface area contributed by atoms with Crippen molar-refractivity contribution in [3.63, 3.8) is 0 Å². The second-order valence-electron chi connectivity index (χ2n) is 7.83. The van der Waals surface area contributed by atoms with Crippen LogP contribution in [-0.2, 0) is 0 Å². The molecule has 1 amide bonds. The van der Waals surface area contributed by atoms with Crippen molar-refractivity contribution in [2.45, 2.75) is 19.3 Å². The molecule has 9 heteroatoms. The number of aliphatic imine (C=N–C) groups is 1. The molecule has 3 rings (SSSR count). The highest BCUT2D eigenvalue weighted by atomic mass is 19.3. The van der Waals surface area contributed by atoms with Crippen molar-refractivity contribution >= 4 is 17.3 Å². The average molecular weight is 461 g/mol. The van der Waals surface area contributed by atoms with Gasteiger partial charge in [-0.25, -0.2) is 13.2 Å². The monoisotopic (exact) mass is 460 g/mol. The third-order valence-corrected chi connectivity index (χ3v) is 5.34. The molecule has 0 atom stereocenters. The van der Waals surface area contributed by atoms with Crippen LogP contribution in [-0.4, -0.2) is 55.7 Å². The van der Waals surface area contributed by atoms with E-state index in [1.807, 2.05) is 0 Å². The standard InChI is InChI=1S/C24H27F3N4O2/c1-16-13-17(3-5-20(16)25)23(32)30-18-4-6-22(19(14-18)21(29-2)7-9-28)33-12-11-31-10-8-24(26,27)15-31/h3-7,9,13-14H,8,10-12,15,28H2,1-2H3,(H,30,32). The number of benzene rings is 2. The molecule has 1 saturated heterocycles. The van der Waals surface area contributed by atoms with Crippen LogP contribution in [0.1, 0.15) is 27.9 Å². The number of nitrogens with zero attached hydrogens (tertiary/aromatic N) is 2. The lowest BCUT2D eigenvalue weighted by Gasteiger charge is -2.18. The minimum Gasteiger partial charge on any atom is -0.492 e. The molecule has 176 valence electrons. The molecule has 1 aliphatic rings. The molecule has 3 N–H and O–H groups in total. The van der Waals surface area contributed by atoms with Gasteiger partial charge in [-0.1, -0.05) is 0 Å². The minimum absolute atomic E-state index is 0.145. The van der Waals surface area contributed by atoms with Gasteiger partial charge < -0.3 is 15.8 Å². The van der Waals surface area contributed by atoms with Crippen molar-refractivity contribution in [1.29, 1.82) is 0 Å². The Balaban J connectivity index is 1.76. The lowest BCUT2D eigenvalue weighted by atomic mass is 10.1. The Kier molecular flexibility index (Phi) is 7.75. The van der Waals surface area contributed by atoms with Crippen LogP contribution in [0.5, 0.6) is 5.75 Å². The predicted octanol–water partition coefficient (Wildman–Crippen LogP) is 4.00. The molecule has 1 fully saturated rings. The van der Waals surface area contributed by atoms with Crippen LogP contribution >= 0.6 is 0 Å². The number of alkyl halides is 2. The maximum atomic E-state index is 13.5. The fourth-order valence-electron chi connectivity index (χ4n) is 3.58. The van der Waals surface area contributed by atoms with E-state index in [2.05, 4.69) is 10.3 Å². The summed E-state index contributed by atoms with van der Waals surface area (Å²) >= 11 is 0. The fraction of sp³-hybridized carbons (Fsp3) is 0.333. The van der Waals surface area contributed by atoms with Crippen molar-refractivity contribution in [3.8, 4) is 5.75 Å². The Morgan fingerprint density at radius 2 is 2.09 bits per heavy atom. The van der Waals surface area contributed by atoms with Gasteiger partial charge in [-0.15, -0.1) is 0 Å². The second-order valence-corrected chi connectivity index (χ2v) is 7.83. The van der Waals surface area contributed by atoms with Crippen molar-refractivity contribution in [2.24, 2.45) is 10.7 Å². The van der Waals surface area contributed by atoms with Gasteiger partial charge in [-0.2, -0.15) is 0 Å². The zero-order valence-electron chi connectivity index (χ0n) is 18.6. The molecule has 1 aliphatic heterocycles. The number of hydrogen-bond acceptors (Lipinski definition) is 5. The first-order valence-electron chi connectivity index (χ1n) is 10.5. The Labute approximate surface area is 190 Å². The third kappa shape index (κ3) is 6.35. The van der Waals surface area contributed by atoms with Crippen molar-refractivity contribution in [1.82, 2.24) is 4.90 Å². The molecule has 0 spiro atoms. The summed E-state index contributed by atoms with van der Waals surface area (Å²) < 4.78 is 46.2. The van der Waals surface area contributed by atoms with Crippen LogP contribution < -0.4 is 15.8 Å². The summed E-state index contributed by atoms with van der Waals surface area (Å²) in [7, 11) is 1.60. The molecule has 1 heterocycles. The van der Waals surface area contributed by atoms with Crippen LogP contribution in [0.15, 0.2) is 53.7 Å². The molecule has 0 saturated carbocycles. The predicted molar refractivity (Wildman–Crippen MR) is 123 cm³/mol. The molecule has 0 unspecified atom stereocenters. The van der Waals surface area contributed by atoms with Crippen LogP contribution in [0.25, 0.3) is 0 Å². The van der Waals surface area contributed by atoms with Crippen molar-refractivity contribution < 1.29 is 22.7 Å². The van der Waals surface area contributed by atoms with E-state index in [0.29, 0.717) is 46.9 Å². The molecule has 0 aromatic heterocycles. The topological polar surface area (TPSA) is 79.9 Å². The number of allylic oxidation sites excluding steroid dienone is 1. The molecule has 2 aromatic rings. The molecule has 2 aromatic carbocycles. The number of ether oxygens (including phenoxy) is 1. The average Bonchev–Trinajstić information content (AvgIpc) is 3.13. The smallest absolute Gasteiger partial charge is 0.261 e. The lowest BCUT2D eigenvalue weighted by molar-refractivity contribution is 0.0112. The Morgan fingerprint density at radius 3 is 2.73 bits per heavy atom. The number of aryl methyl sites for hydroxylation is 1. The first-order valence-corrected chi connectivity index (χ1v) is 10.5. The number of hydrogen-bond donors (Lipinski definition) is 2. The van der Waals surface area contributed by atoms with E-state index in [4.69, 9.17) is 10.5 Å². The second kappa shape index (κ2) is 10.5. The first-order chi connectivity index (χ1) is 15.7. The summed E-state index contributed by atoms with van der Waals surface area (Å²) in [4.78, 5) is 18.5. The van der Waals surface area contributed by atoms with E-state index in [1.165, 1.54) is 24.4 Å². The van der Waals surface area contributed by atoms with Crippen LogP contribution in [0.2, 0.25) is 0 Å². The molecular weight excluding hydrogens is 433 g/mol. The Morgan fingerprint density at radius 1 is 1.30 bits per heavy atom. The maximum Gasteiger partial charge on any atom is 0.261 e. The lowest BCUT2D eigenvalue weighted by Crippen LogP contribution is -2.29. The van der Waals surface area contributed by atoms with Gasteiger partial charge in [0.2, 0.25) is 0 Å². The highest BCUT2D eigenvalue weighted by molar-refractivity contribution is 6.12. The van der Waals surface area contributed by atoms with Crippen LogP contribution in [0.3, 0.4) is 0 Å². The van der Waals surface area contributed by atoms with Gasteiger partial charge in [0.15, 0.2) is 0 Å². The SMILES string of the molecule is CN=C(C=CN)c1cc(NC(=O)c2ccc(F)c(C)c2)ccc1OCCN1CCC(F)(F)C1. The number of halogens is 3. The van der Waals surface area contributed by atoms with Gasteiger partial charge in [0.05, 0.1) is 12.3 Å². The van der Waals surface area contributed by atoms with E-state index in [1.54, 1.807) is 43.1 Å². The number of rotatable bonds is 8. The third-order valence-electron chi connectivity index (χ3n) is 5.34. The van der Waals surface area contributed by atoms with E-state index in [9.17, 15) is 18.0 Å². The highest BCUT2D eigenvalue weighted by Crippen LogP contribution is 2.28. The summed E-state index contributed by atoms with van der Waals surface area (Å²) in [5.41, 5.74) is 7.82. The Bertz CT molecular complexity index is 1070. The number of nitrogens with one attached hydrogen (secondary N) is 1. The minimum atomic E-state index is -2.65. The number of carbonyl (C=O) groups is 1. The van der Waals surface area contributed by atoms with E-state index in [-0.39, 0.29) is 25.4 Å². The zero-order chi connectivity index (χ0) is 24.0. The number of anilines is 1. The van der Waals surface area contributed by atoms with Crippen LogP contribution in [0, 0.1) is 12.7 Å². The quantitative estimate of drug-likeness (QED) is 0.584. The van der Waals surface area contributed by atoms with Gasteiger partial charge >= 0.3 is 0 Å². The highest BCUT2D eigenvalue weighted by Gasteiger charge is 2.37. The van der Waals surface area contributed by atoms with E-state index >= 15 is 0 Å². The molecule has 0 aliphatic carbocycles. The number of carbonyl (C=O) groups excluding carboxylic acids is 1. The summed E-state index contributed by atoms with van der Waals surface area (Å²) in [6, 6.07) is 9.16. The van der Waals surface area contributed by atoms with Crippen molar-refractivity contribution in [3.05, 3.63) is 71.2 Å². The maximum absolute atomic E-state index is 13.5. The fourth-order valence-corrected chi connectivity index (χ4v) is 3.58.